The second-order valence-electron chi connectivity index (χ2n) is 10.9. The highest BCUT2D eigenvalue weighted by atomic mass is 16.1. The van der Waals surface area contributed by atoms with Crippen LogP contribution in [0.4, 0.5) is 0 Å². The predicted molar refractivity (Wildman–Crippen MR) is 129 cm³/mol. The molecule has 2 aromatic rings. The summed E-state index contributed by atoms with van der Waals surface area (Å²) in [6.45, 7) is 5.09. The van der Waals surface area contributed by atoms with E-state index in [0.717, 1.165) is 43.6 Å². The van der Waals surface area contributed by atoms with Crippen molar-refractivity contribution in [1.29, 1.82) is 0 Å². The number of rotatable bonds is 7. The van der Waals surface area contributed by atoms with Gasteiger partial charge in [0.2, 0.25) is 0 Å². The van der Waals surface area contributed by atoms with E-state index in [0.29, 0.717) is 24.4 Å². The quantitative estimate of drug-likeness (QED) is 0.657. The van der Waals surface area contributed by atoms with Gasteiger partial charge in [-0.2, -0.15) is 0 Å². The Morgan fingerprint density at radius 2 is 1.27 bits per heavy atom. The maximum absolute atomic E-state index is 14.1. The fraction of sp³-hybridized carbons (Fsp3) is 0.517. The van der Waals surface area contributed by atoms with E-state index < -0.39 is 0 Å². The standard InChI is InChI=1S/C29H34N2O2/c1-3-31-19-23-22-18-30(2)24-16-29(22,27(33)15-21-12-8-5-9-13-21)25(31)17-28(23,24)26(32)14-20-10-6-4-7-11-20/h4-13,22-25H,3,14-19H2,1-2H3. The number of carbonyl (C=O) groups is 2. The molecule has 0 N–H and O–H groups in total. The van der Waals surface area contributed by atoms with E-state index in [4.69, 9.17) is 0 Å². The van der Waals surface area contributed by atoms with Gasteiger partial charge >= 0.3 is 0 Å². The molecule has 4 aliphatic heterocycles. The van der Waals surface area contributed by atoms with Crippen molar-refractivity contribution >= 4 is 11.6 Å². The Kier molecular flexibility index (Phi) is 4.90. The van der Waals surface area contributed by atoms with Crippen LogP contribution in [0, 0.1) is 22.7 Å². The average Bonchev–Trinajstić information content (AvgIpc) is 2.85. The van der Waals surface area contributed by atoms with Crippen LogP contribution in [-0.2, 0) is 22.4 Å². The Morgan fingerprint density at radius 3 is 1.82 bits per heavy atom. The van der Waals surface area contributed by atoms with Gasteiger partial charge in [0.25, 0.3) is 0 Å². The third kappa shape index (κ3) is 2.83. The molecule has 172 valence electrons. The molecule has 4 nitrogen and oxygen atoms in total. The van der Waals surface area contributed by atoms with Gasteiger partial charge in [0.05, 0.1) is 10.8 Å². The van der Waals surface area contributed by atoms with E-state index in [1.807, 2.05) is 36.4 Å². The second-order valence-corrected chi connectivity index (χ2v) is 10.9. The minimum absolute atomic E-state index is 0.179. The highest BCUT2D eigenvalue weighted by molar-refractivity contribution is 5.94. The molecule has 0 aromatic heterocycles. The highest BCUT2D eigenvalue weighted by Gasteiger charge is 2.78. The fourth-order valence-electron chi connectivity index (χ4n) is 8.45. The third-order valence-electron chi connectivity index (χ3n) is 9.81. The Balaban J connectivity index is 1.39. The van der Waals surface area contributed by atoms with Crippen molar-refractivity contribution in [1.82, 2.24) is 9.80 Å². The van der Waals surface area contributed by atoms with Crippen molar-refractivity contribution in [3.63, 3.8) is 0 Å². The van der Waals surface area contributed by atoms with Crippen LogP contribution in [0.2, 0.25) is 0 Å². The van der Waals surface area contributed by atoms with Crippen molar-refractivity contribution in [2.75, 3.05) is 26.7 Å². The molecule has 7 fully saturated rings. The Bertz CT molecular complexity index is 1070. The summed E-state index contributed by atoms with van der Waals surface area (Å²) >= 11 is 0. The van der Waals surface area contributed by atoms with Gasteiger partial charge in [-0.3, -0.25) is 14.5 Å². The molecule has 3 aliphatic carbocycles. The lowest BCUT2D eigenvalue weighted by Gasteiger charge is -2.77. The number of hydrogen-bond donors (Lipinski definition) is 0. The molecule has 0 spiro atoms. The van der Waals surface area contributed by atoms with Crippen LogP contribution in [0.25, 0.3) is 0 Å². The van der Waals surface area contributed by atoms with Crippen molar-refractivity contribution < 1.29 is 9.59 Å². The maximum atomic E-state index is 14.1. The van der Waals surface area contributed by atoms with Crippen LogP contribution >= 0.6 is 0 Å². The molecule has 9 rings (SSSR count). The van der Waals surface area contributed by atoms with Gasteiger partial charge in [-0.1, -0.05) is 67.6 Å². The third-order valence-corrected chi connectivity index (χ3v) is 9.81. The molecule has 7 aliphatic rings. The molecule has 6 atom stereocenters. The lowest BCUT2D eigenvalue weighted by molar-refractivity contribution is -0.271. The number of benzene rings is 2. The number of fused-ring (bicyclic) bond motifs is 2. The van der Waals surface area contributed by atoms with Crippen LogP contribution in [0.3, 0.4) is 0 Å². The van der Waals surface area contributed by atoms with Crippen LogP contribution < -0.4 is 0 Å². The van der Waals surface area contributed by atoms with E-state index in [9.17, 15) is 9.59 Å². The number of hydrogen-bond acceptors (Lipinski definition) is 4. The number of ketones is 2. The van der Waals surface area contributed by atoms with E-state index in [2.05, 4.69) is 48.0 Å². The zero-order chi connectivity index (χ0) is 22.8. The summed E-state index contributed by atoms with van der Waals surface area (Å²) in [6, 6.07) is 20.8. The maximum Gasteiger partial charge on any atom is 0.145 e. The van der Waals surface area contributed by atoms with Crippen LogP contribution in [-0.4, -0.2) is 60.1 Å². The SMILES string of the molecule is CCN1CC2C3CN(C)C4CC3(C(=O)Cc3ccccc3)C1CC24C(=O)Cc1ccccc1. The minimum atomic E-state index is -0.307. The van der Waals surface area contributed by atoms with Crippen LogP contribution in [0.15, 0.2) is 60.7 Å². The Morgan fingerprint density at radius 1 is 0.788 bits per heavy atom. The summed E-state index contributed by atoms with van der Waals surface area (Å²) in [7, 11) is 2.18. The largest absolute Gasteiger partial charge is 0.302 e. The normalized spacial score (nSPS) is 36.9. The number of Topliss-reactive ketones (excluding diaryl/α,β-unsaturated/α-hetero) is 2. The Hall–Kier alpha value is -2.30. The van der Waals surface area contributed by atoms with Crippen LogP contribution in [0.5, 0.6) is 0 Å². The monoisotopic (exact) mass is 442 g/mol. The van der Waals surface area contributed by atoms with Gasteiger partial charge < -0.3 is 4.90 Å². The van der Waals surface area contributed by atoms with E-state index >= 15 is 0 Å². The molecule has 6 bridgehead atoms. The first kappa shape index (κ1) is 21.2. The summed E-state index contributed by atoms with van der Waals surface area (Å²) in [5.74, 6) is 1.39. The zero-order valence-electron chi connectivity index (χ0n) is 19.7. The number of piperidine rings is 4. The highest BCUT2D eigenvalue weighted by Crippen LogP contribution is 2.71. The molecule has 6 unspecified atom stereocenters. The van der Waals surface area contributed by atoms with Gasteiger partial charge in [-0.15, -0.1) is 0 Å². The molecule has 2 aromatic carbocycles. The summed E-state index contributed by atoms with van der Waals surface area (Å²) in [5.41, 5.74) is 1.61. The second kappa shape index (κ2) is 7.61. The van der Waals surface area contributed by atoms with Gasteiger partial charge in [0.15, 0.2) is 0 Å². The molecular weight excluding hydrogens is 408 g/mol. The summed E-state index contributed by atoms with van der Waals surface area (Å²) in [4.78, 5) is 33.2. The zero-order valence-corrected chi connectivity index (χ0v) is 19.7. The average molecular weight is 443 g/mol. The lowest BCUT2D eigenvalue weighted by atomic mass is 9.34. The van der Waals surface area contributed by atoms with Crippen LogP contribution in [0.1, 0.15) is 30.9 Å². The van der Waals surface area contributed by atoms with E-state index in [1.54, 1.807) is 0 Å². The lowest BCUT2D eigenvalue weighted by Crippen LogP contribution is -2.85. The van der Waals surface area contributed by atoms with E-state index in [1.165, 1.54) is 0 Å². The topological polar surface area (TPSA) is 40.6 Å². The molecule has 0 radical (unpaired) electrons. The van der Waals surface area contributed by atoms with Crippen molar-refractivity contribution in [3.05, 3.63) is 71.8 Å². The van der Waals surface area contributed by atoms with Crippen molar-refractivity contribution in [3.8, 4) is 0 Å². The van der Waals surface area contributed by atoms with Crippen molar-refractivity contribution in [2.45, 2.75) is 44.7 Å². The molecule has 4 heteroatoms. The molecule has 0 amide bonds. The smallest absolute Gasteiger partial charge is 0.145 e. The Labute approximate surface area is 197 Å². The van der Waals surface area contributed by atoms with Gasteiger partial charge in [-0.25, -0.2) is 0 Å². The molecular formula is C29H34N2O2. The molecule has 4 heterocycles. The number of carbonyl (C=O) groups excluding carboxylic acids is 2. The number of nitrogens with zero attached hydrogens (tertiary/aromatic N) is 2. The molecule has 33 heavy (non-hydrogen) atoms. The summed E-state index contributed by atoms with van der Waals surface area (Å²) < 4.78 is 0. The summed E-state index contributed by atoms with van der Waals surface area (Å²) in [6.07, 6.45) is 2.72. The van der Waals surface area contributed by atoms with Crippen molar-refractivity contribution in [2.24, 2.45) is 22.7 Å². The first-order valence-electron chi connectivity index (χ1n) is 12.6. The minimum Gasteiger partial charge on any atom is -0.302 e. The fourth-order valence-corrected chi connectivity index (χ4v) is 8.45. The van der Waals surface area contributed by atoms with Gasteiger partial charge in [-0.05, 0) is 49.4 Å². The first-order chi connectivity index (χ1) is 16.0. The summed E-state index contributed by atoms with van der Waals surface area (Å²) in [5, 5.41) is 0. The molecule has 4 saturated heterocycles. The molecule has 3 saturated carbocycles. The van der Waals surface area contributed by atoms with E-state index in [-0.39, 0.29) is 34.7 Å². The van der Waals surface area contributed by atoms with Gasteiger partial charge in [0.1, 0.15) is 11.6 Å². The van der Waals surface area contributed by atoms with Gasteiger partial charge in [0, 0.05) is 38.0 Å². The first-order valence-corrected chi connectivity index (χ1v) is 12.6. The predicted octanol–water partition coefficient (Wildman–Crippen LogP) is 3.64.